The fraction of sp³-hybridized carbons (Fsp3) is 0.348. The van der Waals surface area contributed by atoms with E-state index >= 15 is 0 Å². The first-order valence-corrected chi connectivity index (χ1v) is 10.8. The lowest BCUT2D eigenvalue weighted by molar-refractivity contribution is -0.385. The summed E-state index contributed by atoms with van der Waals surface area (Å²) < 4.78 is 14.3. The third-order valence-corrected chi connectivity index (χ3v) is 6.34. The predicted octanol–water partition coefficient (Wildman–Crippen LogP) is 3.26. The zero-order valence-corrected chi connectivity index (χ0v) is 17.6. The zero-order valence-electron chi connectivity index (χ0n) is 17.6. The smallest absolute Gasteiger partial charge is 0.272 e. The average Bonchev–Trinajstić information content (AvgIpc) is 2.80. The van der Waals surface area contributed by atoms with E-state index in [9.17, 15) is 19.3 Å². The molecule has 0 unspecified atom stereocenters. The molecule has 2 aliphatic heterocycles. The molecule has 3 aromatic rings. The molecule has 1 saturated heterocycles. The van der Waals surface area contributed by atoms with E-state index < -0.39 is 10.7 Å². The Hall–Kier alpha value is -3.46. The molecule has 1 aromatic heterocycles. The molecule has 0 spiro atoms. The quantitative estimate of drug-likeness (QED) is 0.481. The molecule has 0 bridgehead atoms. The number of H-pyrrole nitrogens is 1. The number of nitrogens with zero attached hydrogens (tertiary/aromatic N) is 3. The Morgan fingerprint density at radius 1 is 1.09 bits per heavy atom. The van der Waals surface area contributed by atoms with Crippen LogP contribution in [0, 0.1) is 15.9 Å². The first-order valence-electron chi connectivity index (χ1n) is 10.8. The predicted molar refractivity (Wildman–Crippen MR) is 122 cm³/mol. The van der Waals surface area contributed by atoms with Crippen LogP contribution in [0.3, 0.4) is 0 Å². The van der Waals surface area contributed by atoms with Crippen molar-refractivity contribution in [2.24, 2.45) is 0 Å². The number of benzene rings is 2. The summed E-state index contributed by atoms with van der Waals surface area (Å²) >= 11 is 0. The topological polar surface area (TPSA) is 94.5 Å². The number of anilines is 2. The number of hydrogen-bond donors (Lipinski definition) is 2. The molecule has 8 nitrogen and oxygen atoms in total. The third-order valence-electron chi connectivity index (χ3n) is 6.34. The Balaban J connectivity index is 1.28. The Bertz CT molecular complexity index is 1250. The van der Waals surface area contributed by atoms with Gasteiger partial charge in [-0.05, 0) is 30.5 Å². The standard InChI is InChI=1S/C23H24FN5O3/c24-19-13-16(29(31)32)4-6-21(19)28-10-8-27(9-11-28)14-15-3-5-17-20(12-15)26-23(30)18-2-1-7-25-22(17)18/h3-6,12-13,25H,1-2,7-11,14H2,(H,26,30). The molecule has 3 heterocycles. The number of fused-ring (bicyclic) bond motifs is 3. The highest BCUT2D eigenvalue weighted by atomic mass is 19.1. The molecule has 1 fully saturated rings. The second-order valence-electron chi connectivity index (χ2n) is 8.37. The fourth-order valence-electron chi connectivity index (χ4n) is 4.67. The first-order chi connectivity index (χ1) is 15.5. The minimum atomic E-state index is -0.590. The molecule has 166 valence electrons. The number of aromatic amines is 1. The summed E-state index contributed by atoms with van der Waals surface area (Å²) in [4.78, 5) is 29.9. The van der Waals surface area contributed by atoms with Gasteiger partial charge in [-0.25, -0.2) is 4.39 Å². The highest BCUT2D eigenvalue weighted by Gasteiger charge is 2.22. The highest BCUT2D eigenvalue weighted by Crippen LogP contribution is 2.29. The van der Waals surface area contributed by atoms with Crippen molar-refractivity contribution in [1.29, 1.82) is 0 Å². The third kappa shape index (κ3) is 3.80. The monoisotopic (exact) mass is 437 g/mol. The van der Waals surface area contributed by atoms with Gasteiger partial charge in [-0.15, -0.1) is 0 Å². The number of hydrogen-bond acceptors (Lipinski definition) is 6. The number of nitro groups is 1. The van der Waals surface area contributed by atoms with E-state index in [-0.39, 0.29) is 11.2 Å². The van der Waals surface area contributed by atoms with E-state index in [0.29, 0.717) is 18.8 Å². The van der Waals surface area contributed by atoms with E-state index in [1.54, 1.807) is 0 Å². The normalized spacial score (nSPS) is 16.6. The number of non-ortho nitro benzene ring substituents is 1. The van der Waals surface area contributed by atoms with Crippen molar-refractivity contribution < 1.29 is 9.31 Å². The van der Waals surface area contributed by atoms with Crippen molar-refractivity contribution >= 4 is 28.0 Å². The van der Waals surface area contributed by atoms with E-state index in [0.717, 1.165) is 72.8 Å². The molecule has 9 heteroatoms. The number of halogens is 1. The molecule has 0 radical (unpaired) electrons. The number of pyridine rings is 1. The van der Waals surface area contributed by atoms with E-state index in [4.69, 9.17) is 0 Å². The molecular formula is C23H24FN5O3. The van der Waals surface area contributed by atoms with Gasteiger partial charge in [-0.3, -0.25) is 19.8 Å². The number of rotatable bonds is 4. The molecular weight excluding hydrogens is 413 g/mol. The van der Waals surface area contributed by atoms with Crippen LogP contribution >= 0.6 is 0 Å². The Morgan fingerprint density at radius 2 is 1.91 bits per heavy atom. The number of nitrogens with one attached hydrogen (secondary N) is 2. The van der Waals surface area contributed by atoms with E-state index in [2.05, 4.69) is 27.3 Å². The highest BCUT2D eigenvalue weighted by molar-refractivity contribution is 5.93. The molecule has 0 amide bonds. The van der Waals surface area contributed by atoms with Crippen molar-refractivity contribution in [2.45, 2.75) is 19.4 Å². The second-order valence-corrected chi connectivity index (χ2v) is 8.37. The van der Waals surface area contributed by atoms with Crippen LogP contribution < -0.4 is 15.8 Å². The fourth-order valence-corrected chi connectivity index (χ4v) is 4.67. The van der Waals surface area contributed by atoms with Crippen LogP contribution in [0.5, 0.6) is 0 Å². The van der Waals surface area contributed by atoms with Gasteiger partial charge in [0.15, 0.2) is 5.82 Å². The van der Waals surface area contributed by atoms with Crippen LogP contribution in [0.2, 0.25) is 0 Å². The van der Waals surface area contributed by atoms with Crippen LogP contribution in [0.15, 0.2) is 41.2 Å². The number of nitro benzene ring substituents is 1. The maximum absolute atomic E-state index is 14.3. The van der Waals surface area contributed by atoms with Crippen LogP contribution in [0.1, 0.15) is 17.5 Å². The summed E-state index contributed by atoms with van der Waals surface area (Å²) in [6, 6.07) is 10.0. The largest absolute Gasteiger partial charge is 0.384 e. The van der Waals surface area contributed by atoms with Gasteiger partial charge in [0.25, 0.3) is 11.2 Å². The molecule has 0 aliphatic carbocycles. The molecule has 2 N–H and O–H groups in total. The van der Waals surface area contributed by atoms with Crippen molar-refractivity contribution in [1.82, 2.24) is 9.88 Å². The summed E-state index contributed by atoms with van der Waals surface area (Å²) in [6.45, 7) is 4.38. The lowest BCUT2D eigenvalue weighted by Gasteiger charge is -2.36. The van der Waals surface area contributed by atoms with Gasteiger partial charge in [0.1, 0.15) is 0 Å². The van der Waals surface area contributed by atoms with E-state index in [1.165, 1.54) is 12.1 Å². The van der Waals surface area contributed by atoms with Crippen LogP contribution in [0.4, 0.5) is 21.5 Å². The Labute approximate surface area is 183 Å². The summed E-state index contributed by atoms with van der Waals surface area (Å²) in [7, 11) is 0. The zero-order chi connectivity index (χ0) is 22.2. The maximum Gasteiger partial charge on any atom is 0.272 e. The minimum Gasteiger partial charge on any atom is -0.384 e. The van der Waals surface area contributed by atoms with Crippen molar-refractivity contribution in [3.8, 4) is 0 Å². The van der Waals surface area contributed by atoms with Crippen LogP contribution in [-0.2, 0) is 13.0 Å². The second kappa shape index (κ2) is 8.23. The summed E-state index contributed by atoms with van der Waals surface area (Å²) in [6.07, 6.45) is 1.77. The van der Waals surface area contributed by atoms with Gasteiger partial charge < -0.3 is 15.2 Å². The lowest BCUT2D eigenvalue weighted by atomic mass is 10.0. The summed E-state index contributed by atoms with van der Waals surface area (Å²) in [5.41, 5.74) is 3.89. The van der Waals surface area contributed by atoms with Crippen molar-refractivity contribution in [3.63, 3.8) is 0 Å². The van der Waals surface area contributed by atoms with E-state index in [1.807, 2.05) is 11.0 Å². The molecule has 32 heavy (non-hydrogen) atoms. The Kier molecular flexibility index (Phi) is 5.26. The average molecular weight is 437 g/mol. The number of aromatic nitrogens is 1. The van der Waals surface area contributed by atoms with Gasteiger partial charge in [0.05, 0.1) is 27.9 Å². The molecule has 2 aliphatic rings. The van der Waals surface area contributed by atoms with Gasteiger partial charge in [0.2, 0.25) is 0 Å². The maximum atomic E-state index is 14.3. The van der Waals surface area contributed by atoms with Crippen molar-refractivity contribution in [2.75, 3.05) is 42.9 Å². The van der Waals surface area contributed by atoms with Gasteiger partial charge in [-0.2, -0.15) is 0 Å². The SMILES string of the molecule is O=c1[nH]c2cc(CN3CCN(c4ccc([N+](=O)[O-])cc4F)CC3)ccc2c2c1CCCN2. The van der Waals surface area contributed by atoms with Crippen LogP contribution in [-0.4, -0.2) is 47.5 Å². The summed E-state index contributed by atoms with van der Waals surface area (Å²) in [5.74, 6) is -0.567. The van der Waals surface area contributed by atoms with Gasteiger partial charge in [-0.1, -0.05) is 12.1 Å². The molecule has 0 saturated carbocycles. The molecule has 5 rings (SSSR count). The number of piperazine rings is 1. The Morgan fingerprint density at radius 3 is 2.66 bits per heavy atom. The lowest BCUT2D eigenvalue weighted by Crippen LogP contribution is -2.46. The molecule has 0 atom stereocenters. The minimum absolute atomic E-state index is 0.0180. The molecule has 2 aromatic carbocycles. The summed E-state index contributed by atoms with van der Waals surface area (Å²) in [5, 5.41) is 15.2. The van der Waals surface area contributed by atoms with Crippen molar-refractivity contribution in [3.05, 3.63) is 73.8 Å². The van der Waals surface area contributed by atoms with Gasteiger partial charge >= 0.3 is 0 Å². The first kappa shape index (κ1) is 20.4. The van der Waals surface area contributed by atoms with Crippen LogP contribution in [0.25, 0.3) is 10.9 Å². The van der Waals surface area contributed by atoms with Gasteiger partial charge in [0, 0.05) is 56.3 Å².